The Morgan fingerprint density at radius 3 is 2.66 bits per heavy atom. The first-order valence-electron chi connectivity index (χ1n) is 11.4. The van der Waals surface area contributed by atoms with E-state index in [2.05, 4.69) is 22.2 Å². The maximum absolute atomic E-state index is 13.9. The lowest BCUT2D eigenvalue weighted by molar-refractivity contribution is -0.138. The first kappa shape index (κ1) is 26.5. The molecule has 0 spiro atoms. The fraction of sp³-hybridized carbons (Fsp3) is 0.591. The van der Waals surface area contributed by atoms with Gasteiger partial charge in [-0.1, -0.05) is 49.3 Å². The molecule has 1 fully saturated rings. The molecule has 0 amide bonds. The molecule has 35 heavy (non-hydrogen) atoms. The monoisotopic (exact) mass is 505 g/mol. The van der Waals surface area contributed by atoms with Gasteiger partial charge >= 0.3 is 6.18 Å². The van der Waals surface area contributed by atoms with Crippen LogP contribution in [0, 0.1) is 0 Å². The number of unbranched alkanes of at least 4 members (excludes halogenated alkanes) is 5. The predicted octanol–water partition coefficient (Wildman–Crippen LogP) is 5.58. The molecule has 1 aliphatic heterocycles. The van der Waals surface area contributed by atoms with Crippen LogP contribution < -0.4 is 10.5 Å². The number of aromatic nitrogens is 2. The van der Waals surface area contributed by atoms with Gasteiger partial charge in [0.1, 0.15) is 11.8 Å². The maximum atomic E-state index is 13.9. The third-order valence-corrected chi connectivity index (χ3v) is 5.69. The van der Waals surface area contributed by atoms with Crippen LogP contribution in [0.5, 0.6) is 5.75 Å². The molecule has 2 aromatic rings. The summed E-state index contributed by atoms with van der Waals surface area (Å²) in [5.74, 6) is -4.57. The number of likely N-dealkylation sites (tertiary alicyclic amines) is 1. The molecule has 1 aromatic carbocycles. The Kier molecular flexibility index (Phi) is 8.39. The standard InChI is InChI=1S/C22H28F5N5O3/c1-2-3-4-5-6-7-10-34-17-9-8-14(11-15(17)22(25,26)27)18-29-19(35-31-18)16-12-21(23,24)13-32(16)20(28)30-33/h8-9,11,16,33H,2-7,10,12-13H2,1H3,(H2,28,30)/t16-/m0/s1. The molecule has 8 nitrogen and oxygen atoms in total. The topological polar surface area (TPSA) is 110 Å². The Hall–Kier alpha value is -3.12. The Morgan fingerprint density at radius 2 is 1.97 bits per heavy atom. The highest BCUT2D eigenvalue weighted by molar-refractivity contribution is 5.78. The number of hydrogen-bond donors (Lipinski definition) is 2. The van der Waals surface area contributed by atoms with Crippen LogP contribution in [0.4, 0.5) is 22.0 Å². The van der Waals surface area contributed by atoms with Crippen LogP contribution in [0.15, 0.2) is 27.9 Å². The summed E-state index contributed by atoms with van der Waals surface area (Å²) in [4.78, 5) is 4.89. The van der Waals surface area contributed by atoms with E-state index in [-0.39, 0.29) is 29.6 Å². The summed E-state index contributed by atoms with van der Waals surface area (Å²) in [6.07, 6.45) is 0.384. The summed E-state index contributed by atoms with van der Waals surface area (Å²) >= 11 is 0. The normalized spacial score (nSPS) is 18.3. The van der Waals surface area contributed by atoms with Crippen molar-refractivity contribution in [1.29, 1.82) is 0 Å². The highest BCUT2D eigenvalue weighted by atomic mass is 19.4. The van der Waals surface area contributed by atoms with E-state index in [4.69, 9.17) is 20.2 Å². The molecule has 3 rings (SSSR count). The van der Waals surface area contributed by atoms with Crippen molar-refractivity contribution in [3.8, 4) is 17.1 Å². The number of halogens is 5. The minimum Gasteiger partial charge on any atom is -0.493 e. The van der Waals surface area contributed by atoms with Gasteiger partial charge in [0.15, 0.2) is 0 Å². The Morgan fingerprint density at radius 1 is 1.26 bits per heavy atom. The van der Waals surface area contributed by atoms with Gasteiger partial charge in [-0.25, -0.2) is 8.78 Å². The second kappa shape index (κ2) is 11.1. The zero-order valence-corrected chi connectivity index (χ0v) is 19.2. The van der Waals surface area contributed by atoms with Crippen LogP contribution in [0.3, 0.4) is 0 Å². The minimum absolute atomic E-state index is 0.0284. The molecule has 1 atom stereocenters. The van der Waals surface area contributed by atoms with Crippen LogP contribution in [0.2, 0.25) is 0 Å². The highest BCUT2D eigenvalue weighted by Crippen LogP contribution is 2.42. The predicted molar refractivity (Wildman–Crippen MR) is 116 cm³/mol. The van der Waals surface area contributed by atoms with Crippen molar-refractivity contribution < 1.29 is 36.4 Å². The van der Waals surface area contributed by atoms with Crippen molar-refractivity contribution in [3.63, 3.8) is 0 Å². The lowest BCUT2D eigenvalue weighted by Crippen LogP contribution is -2.38. The molecule has 0 radical (unpaired) electrons. The molecule has 1 aromatic heterocycles. The molecule has 0 bridgehead atoms. The summed E-state index contributed by atoms with van der Waals surface area (Å²) in [7, 11) is 0. The molecule has 1 saturated heterocycles. The van der Waals surface area contributed by atoms with Gasteiger partial charge in [-0.3, -0.25) is 0 Å². The van der Waals surface area contributed by atoms with E-state index in [9.17, 15) is 22.0 Å². The van der Waals surface area contributed by atoms with Gasteiger partial charge in [-0.05, 0) is 24.6 Å². The van der Waals surface area contributed by atoms with Crippen LogP contribution in [-0.2, 0) is 6.18 Å². The maximum Gasteiger partial charge on any atom is 0.419 e. The van der Waals surface area contributed by atoms with Crippen LogP contribution in [0.1, 0.15) is 69.4 Å². The minimum atomic E-state index is -4.70. The lowest BCUT2D eigenvalue weighted by Gasteiger charge is -2.20. The zero-order chi connectivity index (χ0) is 25.6. The number of rotatable bonds is 10. The molecule has 13 heteroatoms. The fourth-order valence-corrected chi connectivity index (χ4v) is 3.90. The number of nitrogens with two attached hydrogens (primary N) is 1. The molecular formula is C22H28F5N5O3. The largest absolute Gasteiger partial charge is 0.493 e. The van der Waals surface area contributed by atoms with E-state index < -0.39 is 42.6 Å². The molecular weight excluding hydrogens is 477 g/mol. The number of ether oxygens (including phenoxy) is 1. The summed E-state index contributed by atoms with van der Waals surface area (Å²) in [5.41, 5.74) is 4.44. The third kappa shape index (κ3) is 6.73. The fourth-order valence-electron chi connectivity index (χ4n) is 3.90. The molecule has 2 heterocycles. The molecule has 3 N–H and O–H groups in total. The van der Waals surface area contributed by atoms with Crippen LogP contribution >= 0.6 is 0 Å². The van der Waals surface area contributed by atoms with Gasteiger partial charge in [0.2, 0.25) is 17.7 Å². The van der Waals surface area contributed by atoms with Gasteiger partial charge in [0, 0.05) is 12.0 Å². The molecule has 0 saturated carbocycles. The Balaban J connectivity index is 1.76. The summed E-state index contributed by atoms with van der Waals surface area (Å²) in [6, 6.07) is 2.14. The van der Waals surface area contributed by atoms with Crippen molar-refractivity contribution in [2.75, 3.05) is 13.2 Å². The molecule has 194 valence electrons. The van der Waals surface area contributed by atoms with E-state index in [1.807, 2.05) is 0 Å². The number of guanidine groups is 1. The Bertz CT molecular complexity index is 1010. The number of nitrogens with zero attached hydrogens (tertiary/aromatic N) is 4. The number of oxime groups is 1. The molecule has 0 aliphatic carbocycles. The van der Waals surface area contributed by atoms with E-state index in [1.165, 1.54) is 12.1 Å². The van der Waals surface area contributed by atoms with E-state index in [0.717, 1.165) is 43.1 Å². The first-order valence-corrected chi connectivity index (χ1v) is 11.4. The highest BCUT2D eigenvalue weighted by Gasteiger charge is 2.49. The van der Waals surface area contributed by atoms with Gasteiger partial charge in [-0.15, -0.1) is 0 Å². The average Bonchev–Trinajstić information content (AvgIpc) is 3.41. The summed E-state index contributed by atoms with van der Waals surface area (Å²) in [5, 5.41) is 15.2. The SMILES string of the molecule is CCCCCCCCOc1ccc(-c2noc([C@@H]3CC(F)(F)CN3/C(N)=N/O)n2)cc1C(F)(F)F. The smallest absolute Gasteiger partial charge is 0.419 e. The van der Waals surface area contributed by atoms with Crippen molar-refractivity contribution >= 4 is 5.96 Å². The number of alkyl halides is 5. The second-order valence-corrected chi connectivity index (χ2v) is 8.44. The second-order valence-electron chi connectivity index (χ2n) is 8.44. The van der Waals surface area contributed by atoms with Crippen molar-refractivity contribution in [2.45, 2.75) is 70.0 Å². The van der Waals surface area contributed by atoms with E-state index >= 15 is 0 Å². The number of benzene rings is 1. The quantitative estimate of drug-likeness (QED) is 0.108. The first-order chi connectivity index (χ1) is 16.6. The summed E-state index contributed by atoms with van der Waals surface area (Å²) in [6.45, 7) is 1.42. The van der Waals surface area contributed by atoms with Gasteiger partial charge in [0.05, 0.1) is 18.7 Å². The van der Waals surface area contributed by atoms with Crippen molar-refractivity contribution in [2.24, 2.45) is 10.9 Å². The van der Waals surface area contributed by atoms with Crippen molar-refractivity contribution in [1.82, 2.24) is 15.0 Å². The van der Waals surface area contributed by atoms with Crippen LogP contribution in [0.25, 0.3) is 11.4 Å². The third-order valence-electron chi connectivity index (χ3n) is 5.69. The lowest BCUT2D eigenvalue weighted by atomic mass is 10.1. The zero-order valence-electron chi connectivity index (χ0n) is 19.2. The molecule has 0 unspecified atom stereocenters. The van der Waals surface area contributed by atoms with Crippen LogP contribution in [-0.4, -0.2) is 45.3 Å². The number of hydrogen-bond acceptors (Lipinski definition) is 6. The average molecular weight is 505 g/mol. The van der Waals surface area contributed by atoms with Gasteiger partial charge < -0.3 is 25.1 Å². The van der Waals surface area contributed by atoms with E-state index in [0.29, 0.717) is 6.42 Å². The van der Waals surface area contributed by atoms with Crippen molar-refractivity contribution in [3.05, 3.63) is 29.7 Å². The van der Waals surface area contributed by atoms with Gasteiger partial charge in [-0.2, -0.15) is 18.2 Å². The molecule has 1 aliphatic rings. The summed E-state index contributed by atoms with van der Waals surface area (Å²) < 4.78 is 79.4. The van der Waals surface area contributed by atoms with E-state index in [1.54, 1.807) is 0 Å². The van der Waals surface area contributed by atoms with Gasteiger partial charge in [0.25, 0.3) is 5.92 Å². The Labute approximate surface area is 198 Å².